The Balaban J connectivity index is 2.77. The van der Waals surface area contributed by atoms with Gasteiger partial charge in [0.25, 0.3) is 5.91 Å². The van der Waals surface area contributed by atoms with E-state index >= 15 is 0 Å². The van der Waals surface area contributed by atoms with E-state index in [1.54, 1.807) is 13.8 Å². The lowest BCUT2D eigenvalue weighted by Crippen LogP contribution is -2.38. The molecule has 0 aliphatic heterocycles. The fraction of sp³-hybridized carbons (Fsp3) is 0.364. The molecular weight excluding hydrogens is 210 g/mol. The number of phenolic OH excluding ortho intramolecular Hbond substituents is 2. The third-order valence-electron chi connectivity index (χ3n) is 1.91. The van der Waals surface area contributed by atoms with Crippen LogP contribution in [0.5, 0.6) is 11.5 Å². The van der Waals surface area contributed by atoms with Gasteiger partial charge in [0.05, 0.1) is 11.2 Å². The van der Waals surface area contributed by atoms with Crippen LogP contribution in [0.2, 0.25) is 0 Å². The van der Waals surface area contributed by atoms with Crippen molar-refractivity contribution < 1.29 is 20.1 Å². The quantitative estimate of drug-likeness (QED) is 0.567. The second-order valence-electron chi connectivity index (χ2n) is 4.20. The van der Waals surface area contributed by atoms with Gasteiger partial charge in [-0.3, -0.25) is 4.79 Å². The average molecular weight is 225 g/mol. The molecule has 0 heterocycles. The summed E-state index contributed by atoms with van der Waals surface area (Å²) in [5.41, 5.74) is -1.05. The van der Waals surface area contributed by atoms with Gasteiger partial charge < -0.3 is 20.6 Å². The number of phenols is 2. The molecule has 0 saturated heterocycles. The van der Waals surface area contributed by atoms with Crippen molar-refractivity contribution >= 4 is 5.91 Å². The van der Waals surface area contributed by atoms with Gasteiger partial charge in [-0.15, -0.1) is 0 Å². The van der Waals surface area contributed by atoms with Crippen LogP contribution in [0.15, 0.2) is 18.2 Å². The molecule has 0 spiro atoms. The van der Waals surface area contributed by atoms with Gasteiger partial charge in [0.1, 0.15) is 11.5 Å². The number of nitrogens with one attached hydrogen (secondary N) is 1. The summed E-state index contributed by atoms with van der Waals surface area (Å²) < 4.78 is 0. The molecule has 1 rings (SSSR count). The van der Waals surface area contributed by atoms with Crippen molar-refractivity contribution in [3.05, 3.63) is 23.8 Å². The van der Waals surface area contributed by atoms with E-state index in [0.717, 1.165) is 6.07 Å². The van der Waals surface area contributed by atoms with Crippen LogP contribution in [0.4, 0.5) is 0 Å². The smallest absolute Gasteiger partial charge is 0.255 e. The Morgan fingerprint density at radius 1 is 1.38 bits per heavy atom. The Labute approximate surface area is 93.4 Å². The van der Waals surface area contributed by atoms with Crippen molar-refractivity contribution in [1.29, 1.82) is 0 Å². The van der Waals surface area contributed by atoms with Gasteiger partial charge in [0, 0.05) is 6.54 Å². The molecule has 88 valence electrons. The molecule has 5 heteroatoms. The molecule has 16 heavy (non-hydrogen) atoms. The zero-order valence-corrected chi connectivity index (χ0v) is 9.19. The molecule has 1 aromatic carbocycles. The first-order valence-corrected chi connectivity index (χ1v) is 4.82. The first-order valence-electron chi connectivity index (χ1n) is 4.82. The number of rotatable bonds is 3. The van der Waals surface area contributed by atoms with E-state index in [-0.39, 0.29) is 23.6 Å². The van der Waals surface area contributed by atoms with Gasteiger partial charge in [-0.2, -0.15) is 0 Å². The number of carbonyl (C=O) groups is 1. The predicted molar refractivity (Wildman–Crippen MR) is 58.4 cm³/mol. The number of carbonyl (C=O) groups excluding carboxylic acids is 1. The number of aliphatic hydroxyl groups is 1. The second-order valence-corrected chi connectivity index (χ2v) is 4.20. The van der Waals surface area contributed by atoms with Gasteiger partial charge in [-0.05, 0) is 32.0 Å². The van der Waals surface area contributed by atoms with E-state index in [1.807, 2.05) is 0 Å². The highest BCUT2D eigenvalue weighted by Gasteiger charge is 2.17. The molecule has 1 aromatic rings. The summed E-state index contributed by atoms with van der Waals surface area (Å²) in [6.45, 7) is 3.16. The summed E-state index contributed by atoms with van der Waals surface area (Å²) in [4.78, 5) is 11.6. The van der Waals surface area contributed by atoms with Crippen LogP contribution in [0.1, 0.15) is 24.2 Å². The molecule has 0 aromatic heterocycles. The molecule has 0 radical (unpaired) electrons. The summed E-state index contributed by atoms with van der Waals surface area (Å²) in [6.07, 6.45) is 0. The zero-order valence-electron chi connectivity index (χ0n) is 9.19. The van der Waals surface area contributed by atoms with E-state index in [9.17, 15) is 20.1 Å². The lowest BCUT2D eigenvalue weighted by Gasteiger charge is -2.17. The maximum atomic E-state index is 11.6. The van der Waals surface area contributed by atoms with Gasteiger partial charge >= 0.3 is 0 Å². The molecule has 0 aliphatic rings. The highest BCUT2D eigenvalue weighted by molar-refractivity contribution is 5.97. The molecule has 4 N–H and O–H groups in total. The van der Waals surface area contributed by atoms with E-state index in [0.29, 0.717) is 0 Å². The summed E-state index contributed by atoms with van der Waals surface area (Å²) in [7, 11) is 0. The third-order valence-corrected chi connectivity index (χ3v) is 1.91. The fourth-order valence-electron chi connectivity index (χ4n) is 1.10. The minimum absolute atomic E-state index is 0.0238. The van der Waals surface area contributed by atoms with Crippen LogP contribution in [0, 0.1) is 0 Å². The number of hydrogen-bond donors (Lipinski definition) is 4. The molecule has 0 saturated carbocycles. The molecule has 0 atom stereocenters. The van der Waals surface area contributed by atoms with Crippen LogP contribution in [0.25, 0.3) is 0 Å². The number of aromatic hydroxyl groups is 2. The van der Waals surface area contributed by atoms with E-state index in [2.05, 4.69) is 5.32 Å². The highest BCUT2D eigenvalue weighted by Crippen LogP contribution is 2.21. The predicted octanol–water partition coefficient (Wildman–Crippen LogP) is 0.599. The average Bonchev–Trinajstić information content (AvgIpc) is 2.17. The van der Waals surface area contributed by atoms with Crippen LogP contribution >= 0.6 is 0 Å². The van der Waals surface area contributed by atoms with Crippen molar-refractivity contribution in [2.24, 2.45) is 0 Å². The maximum Gasteiger partial charge on any atom is 0.255 e. The SMILES string of the molecule is CC(C)(O)CNC(=O)c1cc(O)ccc1O. The van der Waals surface area contributed by atoms with Crippen molar-refractivity contribution in [2.45, 2.75) is 19.4 Å². The highest BCUT2D eigenvalue weighted by atomic mass is 16.3. The molecule has 0 fully saturated rings. The summed E-state index contributed by atoms with van der Waals surface area (Å²) >= 11 is 0. The Morgan fingerprint density at radius 2 is 2.00 bits per heavy atom. The summed E-state index contributed by atoms with van der Waals surface area (Å²) in [5.74, 6) is -0.868. The Hall–Kier alpha value is -1.75. The van der Waals surface area contributed by atoms with Crippen molar-refractivity contribution in [3.8, 4) is 11.5 Å². The Morgan fingerprint density at radius 3 is 2.56 bits per heavy atom. The monoisotopic (exact) mass is 225 g/mol. The molecule has 5 nitrogen and oxygen atoms in total. The molecular formula is C11H15NO4. The van der Waals surface area contributed by atoms with Crippen LogP contribution in [-0.4, -0.2) is 33.4 Å². The van der Waals surface area contributed by atoms with Gasteiger partial charge in [-0.1, -0.05) is 0 Å². The summed E-state index contributed by atoms with van der Waals surface area (Å²) in [5, 5.41) is 30.4. The normalized spacial score (nSPS) is 11.2. The Bertz CT molecular complexity index is 395. The van der Waals surface area contributed by atoms with Gasteiger partial charge in [0.15, 0.2) is 0 Å². The maximum absolute atomic E-state index is 11.6. The van der Waals surface area contributed by atoms with Crippen molar-refractivity contribution in [2.75, 3.05) is 6.54 Å². The second kappa shape index (κ2) is 4.40. The minimum atomic E-state index is -1.03. The largest absolute Gasteiger partial charge is 0.508 e. The Kier molecular flexibility index (Phi) is 3.39. The first kappa shape index (κ1) is 12.3. The van der Waals surface area contributed by atoms with E-state index in [1.165, 1.54) is 12.1 Å². The number of hydrogen-bond acceptors (Lipinski definition) is 4. The molecule has 0 bridgehead atoms. The summed E-state index contributed by atoms with van der Waals surface area (Å²) in [6, 6.07) is 3.67. The topological polar surface area (TPSA) is 89.8 Å². The van der Waals surface area contributed by atoms with Crippen molar-refractivity contribution in [1.82, 2.24) is 5.32 Å². The zero-order chi connectivity index (χ0) is 12.3. The lowest BCUT2D eigenvalue weighted by molar-refractivity contribution is 0.0693. The molecule has 0 aliphatic carbocycles. The first-order chi connectivity index (χ1) is 7.29. The fourth-order valence-corrected chi connectivity index (χ4v) is 1.10. The van der Waals surface area contributed by atoms with Crippen LogP contribution in [-0.2, 0) is 0 Å². The number of benzene rings is 1. The van der Waals surface area contributed by atoms with E-state index in [4.69, 9.17) is 0 Å². The lowest BCUT2D eigenvalue weighted by atomic mass is 10.1. The molecule has 0 unspecified atom stereocenters. The standard InChI is InChI=1S/C11H15NO4/c1-11(2,16)6-12-10(15)8-5-7(13)3-4-9(8)14/h3-5,13-14,16H,6H2,1-2H3,(H,12,15). The van der Waals surface area contributed by atoms with Gasteiger partial charge in [0.2, 0.25) is 0 Å². The van der Waals surface area contributed by atoms with Crippen LogP contribution in [0.3, 0.4) is 0 Å². The minimum Gasteiger partial charge on any atom is -0.508 e. The third kappa shape index (κ3) is 3.43. The van der Waals surface area contributed by atoms with Gasteiger partial charge in [-0.25, -0.2) is 0 Å². The molecule has 1 amide bonds. The van der Waals surface area contributed by atoms with Crippen LogP contribution < -0.4 is 5.32 Å². The van der Waals surface area contributed by atoms with Crippen molar-refractivity contribution in [3.63, 3.8) is 0 Å². The van der Waals surface area contributed by atoms with E-state index < -0.39 is 11.5 Å². The number of amides is 1.